The van der Waals surface area contributed by atoms with E-state index in [-0.39, 0.29) is 20.7 Å². The van der Waals surface area contributed by atoms with Gasteiger partial charge < -0.3 is 11.1 Å². The number of nitrogen functional groups attached to an aromatic ring is 1. The minimum absolute atomic E-state index is 0.0278. The molecule has 0 unspecified atom stereocenters. The van der Waals surface area contributed by atoms with E-state index in [0.29, 0.717) is 5.69 Å². The first-order chi connectivity index (χ1) is 9.36. The topological polar surface area (TPSA) is 55.1 Å². The van der Waals surface area contributed by atoms with E-state index in [1.54, 1.807) is 0 Å². The molecule has 2 aromatic rings. The SMILES string of the molecule is Nc1cc(Cl)cc(C(=O)Nc2cc(F)c(Br)cc2F)c1. The van der Waals surface area contributed by atoms with Crippen LogP contribution in [0.4, 0.5) is 20.2 Å². The second kappa shape index (κ2) is 5.76. The second-order valence-electron chi connectivity index (χ2n) is 3.97. The third kappa shape index (κ3) is 3.26. The van der Waals surface area contributed by atoms with Gasteiger partial charge in [-0.1, -0.05) is 11.6 Å². The average Bonchev–Trinajstić information content (AvgIpc) is 2.34. The Balaban J connectivity index is 2.30. The Labute approximate surface area is 126 Å². The molecule has 0 fully saturated rings. The van der Waals surface area contributed by atoms with Crippen LogP contribution < -0.4 is 11.1 Å². The van der Waals surface area contributed by atoms with Gasteiger partial charge in [-0.25, -0.2) is 8.78 Å². The van der Waals surface area contributed by atoms with Crippen LogP contribution in [0.3, 0.4) is 0 Å². The highest BCUT2D eigenvalue weighted by Crippen LogP contribution is 2.24. The van der Waals surface area contributed by atoms with Crippen LogP contribution in [0.15, 0.2) is 34.8 Å². The number of nitrogens with two attached hydrogens (primary N) is 1. The van der Waals surface area contributed by atoms with Crippen molar-refractivity contribution in [2.75, 3.05) is 11.1 Å². The number of carbonyl (C=O) groups is 1. The first kappa shape index (κ1) is 14.7. The van der Waals surface area contributed by atoms with Gasteiger partial charge in [0.1, 0.15) is 11.6 Å². The van der Waals surface area contributed by atoms with Crippen LogP contribution >= 0.6 is 27.5 Å². The molecule has 104 valence electrons. The molecule has 3 N–H and O–H groups in total. The number of amides is 1. The van der Waals surface area contributed by atoms with Gasteiger partial charge in [-0.15, -0.1) is 0 Å². The number of hydrogen-bond donors (Lipinski definition) is 2. The number of carbonyl (C=O) groups excluding carboxylic acids is 1. The lowest BCUT2D eigenvalue weighted by atomic mass is 10.2. The van der Waals surface area contributed by atoms with Crippen molar-refractivity contribution in [2.45, 2.75) is 0 Å². The highest BCUT2D eigenvalue weighted by Gasteiger charge is 2.13. The summed E-state index contributed by atoms with van der Waals surface area (Å²) >= 11 is 8.62. The zero-order valence-electron chi connectivity index (χ0n) is 9.88. The van der Waals surface area contributed by atoms with E-state index in [9.17, 15) is 13.6 Å². The first-order valence-corrected chi connectivity index (χ1v) is 6.56. The maximum absolute atomic E-state index is 13.6. The highest BCUT2D eigenvalue weighted by atomic mass is 79.9. The molecule has 0 bridgehead atoms. The van der Waals surface area contributed by atoms with Crippen molar-refractivity contribution in [1.82, 2.24) is 0 Å². The fourth-order valence-corrected chi connectivity index (χ4v) is 2.12. The Kier molecular flexibility index (Phi) is 4.25. The van der Waals surface area contributed by atoms with Crippen molar-refractivity contribution in [2.24, 2.45) is 0 Å². The van der Waals surface area contributed by atoms with Gasteiger partial charge in [0, 0.05) is 22.3 Å². The molecule has 3 nitrogen and oxygen atoms in total. The van der Waals surface area contributed by atoms with Crippen molar-refractivity contribution >= 4 is 44.8 Å². The Bertz CT molecular complexity index is 674. The van der Waals surface area contributed by atoms with E-state index in [4.69, 9.17) is 17.3 Å². The molecule has 0 saturated carbocycles. The molecule has 1 amide bonds. The summed E-state index contributed by atoms with van der Waals surface area (Å²) in [6.07, 6.45) is 0. The summed E-state index contributed by atoms with van der Waals surface area (Å²) in [6.45, 7) is 0. The molecule has 0 saturated heterocycles. The van der Waals surface area contributed by atoms with Crippen molar-refractivity contribution in [3.05, 3.63) is 57.0 Å². The zero-order valence-corrected chi connectivity index (χ0v) is 12.2. The summed E-state index contributed by atoms with van der Waals surface area (Å²) in [5, 5.41) is 2.54. The number of halogens is 4. The summed E-state index contributed by atoms with van der Waals surface area (Å²) in [6, 6.07) is 6.04. The lowest BCUT2D eigenvalue weighted by Gasteiger charge is -2.08. The molecule has 2 aromatic carbocycles. The number of hydrogen-bond acceptors (Lipinski definition) is 2. The molecule has 0 aliphatic heterocycles. The predicted octanol–water partition coefficient (Wildman–Crippen LogP) is 4.22. The zero-order chi connectivity index (χ0) is 14.9. The fraction of sp³-hybridized carbons (Fsp3) is 0. The summed E-state index contributed by atoms with van der Waals surface area (Å²) in [4.78, 5) is 11.9. The van der Waals surface area contributed by atoms with Gasteiger partial charge in [0.15, 0.2) is 0 Å². The van der Waals surface area contributed by atoms with Crippen molar-refractivity contribution in [3.8, 4) is 0 Å². The maximum Gasteiger partial charge on any atom is 0.255 e. The summed E-state index contributed by atoms with van der Waals surface area (Å²) in [7, 11) is 0. The third-order valence-electron chi connectivity index (χ3n) is 2.44. The van der Waals surface area contributed by atoms with Crippen LogP contribution in [0.2, 0.25) is 5.02 Å². The molecular formula is C13H8BrClF2N2O. The number of nitrogens with one attached hydrogen (secondary N) is 1. The van der Waals surface area contributed by atoms with E-state index in [1.165, 1.54) is 18.2 Å². The maximum atomic E-state index is 13.6. The van der Waals surface area contributed by atoms with E-state index in [2.05, 4.69) is 21.2 Å². The lowest BCUT2D eigenvalue weighted by Crippen LogP contribution is -2.13. The molecule has 0 spiro atoms. The summed E-state index contributed by atoms with van der Waals surface area (Å²) in [5.41, 5.74) is 5.74. The van der Waals surface area contributed by atoms with Gasteiger partial charge in [-0.05, 0) is 40.2 Å². The monoisotopic (exact) mass is 360 g/mol. The average molecular weight is 362 g/mol. The molecule has 7 heteroatoms. The molecule has 0 atom stereocenters. The highest BCUT2D eigenvalue weighted by molar-refractivity contribution is 9.10. The van der Waals surface area contributed by atoms with Gasteiger partial charge in [-0.2, -0.15) is 0 Å². The molecule has 2 rings (SSSR count). The largest absolute Gasteiger partial charge is 0.399 e. The van der Waals surface area contributed by atoms with E-state index in [1.807, 2.05) is 0 Å². The Hall–Kier alpha value is -1.66. The summed E-state index contributed by atoms with van der Waals surface area (Å²) < 4.78 is 26.9. The molecule has 0 aliphatic carbocycles. The van der Waals surface area contributed by atoms with E-state index >= 15 is 0 Å². The van der Waals surface area contributed by atoms with Crippen LogP contribution in [0.5, 0.6) is 0 Å². The van der Waals surface area contributed by atoms with Crippen LogP contribution in [-0.4, -0.2) is 5.91 Å². The van der Waals surface area contributed by atoms with E-state index < -0.39 is 17.5 Å². The number of rotatable bonds is 2. The van der Waals surface area contributed by atoms with Crippen molar-refractivity contribution in [1.29, 1.82) is 0 Å². The van der Waals surface area contributed by atoms with E-state index in [0.717, 1.165) is 12.1 Å². The fourth-order valence-electron chi connectivity index (χ4n) is 1.56. The van der Waals surface area contributed by atoms with Crippen LogP contribution in [0.25, 0.3) is 0 Å². The van der Waals surface area contributed by atoms with Gasteiger partial charge in [0.25, 0.3) is 5.91 Å². The number of anilines is 2. The third-order valence-corrected chi connectivity index (χ3v) is 3.27. The Morgan fingerprint density at radius 2 is 1.85 bits per heavy atom. The van der Waals surface area contributed by atoms with Gasteiger partial charge in [0.05, 0.1) is 10.2 Å². The van der Waals surface area contributed by atoms with Crippen molar-refractivity contribution < 1.29 is 13.6 Å². The smallest absolute Gasteiger partial charge is 0.255 e. The molecule has 20 heavy (non-hydrogen) atoms. The molecule has 0 aliphatic rings. The van der Waals surface area contributed by atoms with Crippen LogP contribution in [0, 0.1) is 11.6 Å². The van der Waals surface area contributed by atoms with Gasteiger partial charge in [-0.3, -0.25) is 4.79 Å². The Morgan fingerprint density at radius 3 is 2.50 bits per heavy atom. The molecular weight excluding hydrogens is 354 g/mol. The first-order valence-electron chi connectivity index (χ1n) is 5.39. The van der Waals surface area contributed by atoms with Crippen LogP contribution in [-0.2, 0) is 0 Å². The normalized spacial score (nSPS) is 10.4. The minimum atomic E-state index is -0.762. The predicted molar refractivity (Wildman–Crippen MR) is 77.9 cm³/mol. The molecule has 0 heterocycles. The molecule has 0 radical (unpaired) electrons. The summed E-state index contributed by atoms with van der Waals surface area (Å²) in [5.74, 6) is -2.09. The van der Waals surface area contributed by atoms with Gasteiger partial charge in [0.2, 0.25) is 0 Å². The lowest BCUT2D eigenvalue weighted by molar-refractivity contribution is 0.102. The van der Waals surface area contributed by atoms with Crippen molar-refractivity contribution in [3.63, 3.8) is 0 Å². The standard InChI is InChI=1S/C13H8BrClF2N2O/c14-9-4-11(17)12(5-10(9)16)19-13(20)6-1-7(15)3-8(18)2-6/h1-5H,18H2,(H,19,20). The minimum Gasteiger partial charge on any atom is -0.399 e. The number of benzene rings is 2. The quantitative estimate of drug-likeness (QED) is 0.622. The molecule has 0 aromatic heterocycles. The van der Waals surface area contributed by atoms with Crippen LogP contribution in [0.1, 0.15) is 10.4 Å². The Morgan fingerprint density at radius 1 is 1.15 bits per heavy atom. The second-order valence-corrected chi connectivity index (χ2v) is 5.26. The van der Waals surface area contributed by atoms with Gasteiger partial charge >= 0.3 is 0 Å².